The SMILES string of the molecule is CCOc1cc(/C=N\NC(=O)c2cc(C(C)(C)C)[nH]n2)ccc1OC(=O)c1cccs1. The lowest BCUT2D eigenvalue weighted by Crippen LogP contribution is -2.18. The van der Waals surface area contributed by atoms with Gasteiger partial charge in [0.05, 0.1) is 12.8 Å². The van der Waals surface area contributed by atoms with Crippen LogP contribution >= 0.6 is 11.3 Å². The van der Waals surface area contributed by atoms with Crippen molar-refractivity contribution in [1.29, 1.82) is 0 Å². The number of H-pyrrole nitrogens is 1. The van der Waals surface area contributed by atoms with Gasteiger partial charge in [-0.15, -0.1) is 11.3 Å². The van der Waals surface area contributed by atoms with Gasteiger partial charge in [0.15, 0.2) is 17.2 Å². The van der Waals surface area contributed by atoms with E-state index in [1.807, 2.05) is 27.7 Å². The molecule has 9 heteroatoms. The highest BCUT2D eigenvalue weighted by Crippen LogP contribution is 2.29. The van der Waals surface area contributed by atoms with Crippen molar-refractivity contribution in [1.82, 2.24) is 15.6 Å². The van der Waals surface area contributed by atoms with E-state index in [1.165, 1.54) is 17.6 Å². The second kappa shape index (κ2) is 9.57. The molecule has 3 rings (SSSR count). The van der Waals surface area contributed by atoms with Crippen LogP contribution in [0.3, 0.4) is 0 Å². The Kier molecular flexibility index (Phi) is 6.86. The van der Waals surface area contributed by atoms with E-state index in [0.29, 0.717) is 28.5 Å². The minimum Gasteiger partial charge on any atom is -0.490 e. The van der Waals surface area contributed by atoms with Crippen molar-refractivity contribution in [3.8, 4) is 11.5 Å². The number of hydrogen-bond donors (Lipinski definition) is 2. The first-order valence-electron chi connectivity index (χ1n) is 9.69. The van der Waals surface area contributed by atoms with Gasteiger partial charge in [-0.1, -0.05) is 26.8 Å². The van der Waals surface area contributed by atoms with E-state index in [2.05, 4.69) is 20.7 Å². The van der Waals surface area contributed by atoms with Gasteiger partial charge in [-0.05, 0) is 48.2 Å². The normalized spacial score (nSPS) is 11.5. The molecule has 1 amide bonds. The first kappa shape index (κ1) is 22.2. The second-order valence-electron chi connectivity index (χ2n) is 7.62. The van der Waals surface area contributed by atoms with Gasteiger partial charge in [0.25, 0.3) is 5.91 Å². The van der Waals surface area contributed by atoms with E-state index in [4.69, 9.17) is 9.47 Å². The van der Waals surface area contributed by atoms with Crippen LogP contribution in [-0.4, -0.2) is 34.9 Å². The highest BCUT2D eigenvalue weighted by atomic mass is 32.1. The quantitative estimate of drug-likeness (QED) is 0.248. The third-order valence-electron chi connectivity index (χ3n) is 4.19. The summed E-state index contributed by atoms with van der Waals surface area (Å²) < 4.78 is 11.0. The van der Waals surface area contributed by atoms with Gasteiger partial charge in [0.2, 0.25) is 0 Å². The molecule has 0 aliphatic rings. The van der Waals surface area contributed by atoms with Crippen LogP contribution in [0.4, 0.5) is 0 Å². The number of rotatable bonds is 7. The lowest BCUT2D eigenvalue weighted by atomic mass is 9.92. The number of ether oxygens (including phenoxy) is 2. The van der Waals surface area contributed by atoms with Gasteiger partial charge in [-0.25, -0.2) is 10.2 Å². The van der Waals surface area contributed by atoms with E-state index in [0.717, 1.165) is 5.69 Å². The molecule has 31 heavy (non-hydrogen) atoms. The zero-order chi connectivity index (χ0) is 22.4. The fourth-order valence-electron chi connectivity index (χ4n) is 2.55. The molecule has 0 saturated carbocycles. The van der Waals surface area contributed by atoms with Crippen LogP contribution in [-0.2, 0) is 5.41 Å². The summed E-state index contributed by atoms with van der Waals surface area (Å²) in [4.78, 5) is 25.0. The van der Waals surface area contributed by atoms with Crippen LogP contribution in [0.1, 0.15) is 59.1 Å². The predicted octanol–water partition coefficient (Wildman–Crippen LogP) is 4.15. The Morgan fingerprint density at radius 3 is 2.68 bits per heavy atom. The van der Waals surface area contributed by atoms with Gasteiger partial charge >= 0.3 is 5.97 Å². The molecule has 0 fully saturated rings. The summed E-state index contributed by atoms with van der Waals surface area (Å²) in [6.07, 6.45) is 1.47. The average Bonchev–Trinajstić information content (AvgIpc) is 3.42. The Labute approximate surface area is 184 Å². The van der Waals surface area contributed by atoms with Crippen molar-refractivity contribution in [3.05, 3.63) is 63.6 Å². The fraction of sp³-hybridized carbons (Fsp3) is 0.273. The largest absolute Gasteiger partial charge is 0.490 e. The molecule has 162 valence electrons. The zero-order valence-electron chi connectivity index (χ0n) is 17.8. The number of carbonyl (C=O) groups is 2. The maximum Gasteiger partial charge on any atom is 0.353 e. The molecule has 1 aromatic carbocycles. The molecule has 0 radical (unpaired) electrons. The molecular formula is C22H24N4O4S. The monoisotopic (exact) mass is 440 g/mol. The number of hydrogen-bond acceptors (Lipinski definition) is 7. The molecule has 3 aromatic rings. The number of carbonyl (C=O) groups excluding carboxylic acids is 2. The van der Waals surface area contributed by atoms with Gasteiger partial charge in [0.1, 0.15) is 4.88 Å². The molecule has 2 N–H and O–H groups in total. The Hall–Kier alpha value is -3.46. The van der Waals surface area contributed by atoms with Gasteiger partial charge in [0, 0.05) is 11.1 Å². The first-order valence-corrected chi connectivity index (χ1v) is 10.6. The summed E-state index contributed by atoms with van der Waals surface area (Å²) in [5.74, 6) is -0.148. The second-order valence-corrected chi connectivity index (χ2v) is 8.57. The molecule has 2 aromatic heterocycles. The van der Waals surface area contributed by atoms with Crippen LogP contribution in [0, 0.1) is 0 Å². The third kappa shape index (κ3) is 5.79. The molecule has 0 spiro atoms. The van der Waals surface area contributed by atoms with Crippen LogP contribution < -0.4 is 14.9 Å². The van der Waals surface area contributed by atoms with Gasteiger partial charge in [-0.2, -0.15) is 10.2 Å². The number of thiophene rings is 1. The average molecular weight is 441 g/mol. The van der Waals surface area contributed by atoms with E-state index >= 15 is 0 Å². The Morgan fingerprint density at radius 1 is 1.23 bits per heavy atom. The highest BCUT2D eigenvalue weighted by Gasteiger charge is 2.19. The zero-order valence-corrected chi connectivity index (χ0v) is 18.6. The van der Waals surface area contributed by atoms with Crippen LogP contribution in [0.2, 0.25) is 0 Å². The Balaban J connectivity index is 1.67. The van der Waals surface area contributed by atoms with Crippen LogP contribution in [0.15, 0.2) is 46.9 Å². The number of benzene rings is 1. The fourth-order valence-corrected chi connectivity index (χ4v) is 3.15. The van der Waals surface area contributed by atoms with Crippen molar-refractivity contribution < 1.29 is 19.1 Å². The lowest BCUT2D eigenvalue weighted by Gasteiger charge is -2.14. The van der Waals surface area contributed by atoms with E-state index in [9.17, 15) is 9.59 Å². The number of esters is 1. The van der Waals surface area contributed by atoms with Gasteiger partial charge < -0.3 is 9.47 Å². The van der Waals surface area contributed by atoms with Gasteiger partial charge in [-0.3, -0.25) is 9.89 Å². The molecule has 8 nitrogen and oxygen atoms in total. The minimum atomic E-state index is -0.446. The maximum atomic E-state index is 12.2. The molecule has 0 aliphatic carbocycles. The maximum absolute atomic E-state index is 12.2. The number of hydrazone groups is 1. The van der Waals surface area contributed by atoms with E-state index in [1.54, 1.807) is 41.8 Å². The smallest absolute Gasteiger partial charge is 0.353 e. The number of amides is 1. The first-order chi connectivity index (χ1) is 14.8. The molecule has 0 saturated heterocycles. The topological polar surface area (TPSA) is 106 Å². The summed E-state index contributed by atoms with van der Waals surface area (Å²) >= 11 is 1.30. The number of aromatic amines is 1. The summed E-state index contributed by atoms with van der Waals surface area (Å²) in [6.45, 7) is 8.31. The Morgan fingerprint density at radius 2 is 2.03 bits per heavy atom. The molecule has 0 unspecified atom stereocenters. The molecule has 0 aliphatic heterocycles. The van der Waals surface area contributed by atoms with E-state index in [-0.39, 0.29) is 11.1 Å². The van der Waals surface area contributed by atoms with Crippen molar-refractivity contribution in [2.24, 2.45) is 5.10 Å². The predicted molar refractivity (Wildman–Crippen MR) is 119 cm³/mol. The highest BCUT2D eigenvalue weighted by molar-refractivity contribution is 7.12. The molecule has 0 bridgehead atoms. The van der Waals surface area contributed by atoms with Crippen molar-refractivity contribution >= 4 is 29.4 Å². The van der Waals surface area contributed by atoms with Crippen LogP contribution in [0.5, 0.6) is 11.5 Å². The molecule has 0 atom stereocenters. The molecule has 2 heterocycles. The number of nitrogens with zero attached hydrogens (tertiary/aromatic N) is 2. The van der Waals surface area contributed by atoms with Crippen molar-refractivity contribution in [2.45, 2.75) is 33.1 Å². The van der Waals surface area contributed by atoms with Crippen molar-refractivity contribution in [2.75, 3.05) is 6.61 Å². The van der Waals surface area contributed by atoms with Crippen molar-refractivity contribution in [3.63, 3.8) is 0 Å². The minimum absolute atomic E-state index is 0.140. The van der Waals surface area contributed by atoms with E-state index < -0.39 is 11.9 Å². The summed E-state index contributed by atoms with van der Waals surface area (Å²) in [5.41, 5.74) is 4.09. The summed E-state index contributed by atoms with van der Waals surface area (Å²) in [6, 6.07) is 10.2. The summed E-state index contributed by atoms with van der Waals surface area (Å²) in [5, 5.41) is 12.7. The summed E-state index contributed by atoms with van der Waals surface area (Å²) in [7, 11) is 0. The lowest BCUT2D eigenvalue weighted by molar-refractivity contribution is 0.0733. The number of aromatic nitrogens is 2. The third-order valence-corrected chi connectivity index (χ3v) is 5.04. The Bertz CT molecular complexity index is 1080. The standard InChI is InChI=1S/C22H24N4O4S/c1-5-29-17-11-14(8-9-16(17)30-21(28)18-7-6-10-31-18)13-23-26-20(27)15-12-19(25-24-15)22(2,3)4/h6-13H,5H2,1-4H3,(H,24,25)(H,26,27)/b23-13-. The van der Waals surface area contributed by atoms with Crippen LogP contribution in [0.25, 0.3) is 0 Å². The number of nitrogens with one attached hydrogen (secondary N) is 2. The molecular weight excluding hydrogens is 416 g/mol.